The Morgan fingerprint density at radius 3 is 2.83 bits per heavy atom. The molecule has 2 atom stereocenters. The van der Waals surface area contributed by atoms with Gasteiger partial charge in [0.1, 0.15) is 22.8 Å². The molecule has 17 heteroatoms. The number of fused-ring (bicyclic) bond motifs is 2. The molecule has 0 saturated carbocycles. The lowest BCUT2D eigenvalue weighted by Crippen LogP contribution is -2.71. The zero-order valence-electron chi connectivity index (χ0n) is 20.2. The van der Waals surface area contributed by atoms with Crippen LogP contribution >= 0.6 is 57.6 Å². The van der Waals surface area contributed by atoms with E-state index in [-0.39, 0.29) is 28.8 Å². The van der Waals surface area contributed by atoms with Gasteiger partial charge in [-0.2, -0.15) is 4.57 Å². The minimum absolute atomic E-state index is 0.0712. The molecule has 208 valence electrons. The molecule has 0 aliphatic carbocycles. The van der Waals surface area contributed by atoms with Crippen molar-refractivity contribution in [2.75, 3.05) is 17.2 Å². The summed E-state index contributed by atoms with van der Waals surface area (Å²) in [6.07, 6.45) is 2.89. The maximum absolute atomic E-state index is 13.2. The van der Waals surface area contributed by atoms with E-state index in [0.29, 0.717) is 17.0 Å². The van der Waals surface area contributed by atoms with Crippen molar-refractivity contribution in [3.63, 3.8) is 0 Å². The number of anilines is 2. The molecular formula is C23H20Cl2N7O5S3+. The van der Waals surface area contributed by atoms with E-state index in [1.807, 2.05) is 28.3 Å². The normalized spacial score (nSPS) is 19.3. The van der Waals surface area contributed by atoms with Crippen molar-refractivity contribution < 1.29 is 28.9 Å². The molecule has 2 aliphatic rings. The number of carboxylic acid groups (broad SMARTS) is 1. The molecule has 0 aromatic carbocycles. The van der Waals surface area contributed by atoms with Gasteiger partial charge in [0.25, 0.3) is 16.6 Å². The Labute approximate surface area is 248 Å². The summed E-state index contributed by atoms with van der Waals surface area (Å²) in [5.74, 6) is -2.33. The number of nitrogen functional groups attached to an aromatic ring is 2. The predicted octanol–water partition coefficient (Wildman–Crippen LogP) is 2.29. The van der Waals surface area contributed by atoms with Gasteiger partial charge in [-0.05, 0) is 12.1 Å². The van der Waals surface area contributed by atoms with Crippen molar-refractivity contribution in [1.29, 1.82) is 0 Å². The average Bonchev–Trinajstić information content (AvgIpc) is 3.52. The van der Waals surface area contributed by atoms with Crippen molar-refractivity contribution in [2.45, 2.75) is 22.5 Å². The molecule has 2 amide bonds. The number of nitrogens with one attached hydrogen (secondary N) is 1. The summed E-state index contributed by atoms with van der Waals surface area (Å²) in [7, 11) is 0. The first kappa shape index (κ1) is 28.2. The van der Waals surface area contributed by atoms with E-state index >= 15 is 0 Å². The minimum Gasteiger partial charge on any atom is -0.477 e. The molecule has 5 heterocycles. The van der Waals surface area contributed by atoms with Gasteiger partial charge in [0.05, 0.1) is 11.1 Å². The average molecular weight is 642 g/mol. The number of carbonyl (C=O) groups is 3. The minimum atomic E-state index is -1.93. The summed E-state index contributed by atoms with van der Waals surface area (Å²) in [5.41, 5.74) is 12.5. The number of carbonyl (C=O) groups excluding carboxylic acids is 2. The molecular weight excluding hydrogens is 621 g/mol. The lowest BCUT2D eigenvalue weighted by Gasteiger charge is -2.49. The number of pyridine rings is 1. The van der Waals surface area contributed by atoms with Crippen LogP contribution in [0.3, 0.4) is 0 Å². The van der Waals surface area contributed by atoms with Crippen LogP contribution in [0.5, 0.6) is 0 Å². The molecule has 1 fully saturated rings. The number of nitrogens with two attached hydrogens (primary N) is 2. The van der Waals surface area contributed by atoms with Crippen LogP contribution in [0.1, 0.15) is 5.69 Å². The molecule has 2 aliphatic heterocycles. The highest BCUT2D eigenvalue weighted by Crippen LogP contribution is 2.40. The fourth-order valence-corrected chi connectivity index (χ4v) is 7.05. The van der Waals surface area contributed by atoms with Crippen molar-refractivity contribution in [1.82, 2.24) is 15.2 Å². The number of thiazole rings is 1. The molecule has 12 nitrogen and oxygen atoms in total. The number of thioether (sulfide) groups is 1. The summed E-state index contributed by atoms with van der Waals surface area (Å²) in [4.78, 5) is 49.9. The van der Waals surface area contributed by atoms with Gasteiger partial charge in [0.15, 0.2) is 23.6 Å². The summed E-state index contributed by atoms with van der Waals surface area (Å²) in [6, 6.07) is 2.69. The molecule has 1 unspecified atom stereocenters. The summed E-state index contributed by atoms with van der Waals surface area (Å²) < 4.78 is -0.0253. The highest BCUT2D eigenvalue weighted by Gasteiger charge is 2.55. The molecule has 5 rings (SSSR count). The molecule has 6 N–H and O–H groups in total. The lowest BCUT2D eigenvalue weighted by molar-refractivity contribution is -0.661. The van der Waals surface area contributed by atoms with Crippen molar-refractivity contribution in [2.24, 2.45) is 5.16 Å². The third-order valence-electron chi connectivity index (χ3n) is 6.00. The Morgan fingerprint density at radius 2 is 2.15 bits per heavy atom. The Kier molecular flexibility index (Phi) is 7.67. The molecule has 3 aromatic rings. The summed E-state index contributed by atoms with van der Waals surface area (Å²) in [5, 5.41) is 20.1. The number of hydrogen-bond acceptors (Lipinski definition) is 11. The SMILES string of the molecule is C=CC(Cl)(Cl)O/N=C(\C(=O)NC1C(=O)N2C(C(=O)O)=C(C[n+]3cccc4c(N)csc43)CS[C@H]12)c1csc(N)n1. The number of thiophene rings is 1. The number of halogens is 2. The number of aliphatic carboxylic acids is 1. The standard InChI is InChI=1S/C23H19Cl2N7O5S3/c1-2-23(24,25)37-30-14(13-9-40-22(27)28-13)17(33)29-15-18(34)32-16(21(35)36)10(7-38-20(15)32)6-31-5-3-4-11-12(26)8-39-19(11)31/h2-5,8-9,15,20H,1,6-7,26H2,(H3-,27,28,29,33,35,36)/p+1/b30-14-/t15?,20-/m1/s1. The molecule has 0 bridgehead atoms. The van der Waals surface area contributed by atoms with Crippen LogP contribution in [0.15, 0.2) is 58.2 Å². The Hall–Kier alpha value is -3.37. The van der Waals surface area contributed by atoms with E-state index in [2.05, 4.69) is 22.0 Å². The van der Waals surface area contributed by atoms with E-state index in [1.54, 1.807) is 0 Å². The number of β-lactam (4-membered cyclic amide) rings is 1. The first-order valence-corrected chi connectivity index (χ1v) is 14.9. The largest absolute Gasteiger partial charge is 0.477 e. The number of hydrogen-bond donors (Lipinski definition) is 4. The van der Waals surface area contributed by atoms with Crippen LogP contribution in [0.4, 0.5) is 10.8 Å². The number of rotatable bonds is 9. The Morgan fingerprint density at radius 1 is 1.38 bits per heavy atom. The second-order valence-corrected chi connectivity index (χ2v) is 12.7. The maximum Gasteiger partial charge on any atom is 0.352 e. The van der Waals surface area contributed by atoms with Gasteiger partial charge in [-0.15, -0.1) is 23.1 Å². The topological polar surface area (TPSA) is 177 Å². The van der Waals surface area contributed by atoms with Crippen molar-refractivity contribution in [3.05, 3.63) is 58.7 Å². The zero-order valence-corrected chi connectivity index (χ0v) is 24.2. The van der Waals surface area contributed by atoms with E-state index in [1.165, 1.54) is 33.4 Å². The van der Waals surface area contributed by atoms with Gasteiger partial charge in [-0.25, -0.2) is 9.78 Å². The van der Waals surface area contributed by atoms with Crippen molar-refractivity contribution in [3.8, 4) is 0 Å². The predicted molar refractivity (Wildman–Crippen MR) is 155 cm³/mol. The monoisotopic (exact) mass is 640 g/mol. The van der Waals surface area contributed by atoms with Gasteiger partial charge in [0.2, 0.25) is 0 Å². The molecule has 3 aromatic heterocycles. The van der Waals surface area contributed by atoms with Gasteiger partial charge in [-0.3, -0.25) is 14.5 Å². The van der Waals surface area contributed by atoms with Crippen LogP contribution in [0.25, 0.3) is 10.2 Å². The van der Waals surface area contributed by atoms with Crippen LogP contribution in [-0.2, 0) is 25.8 Å². The summed E-state index contributed by atoms with van der Waals surface area (Å²) in [6.45, 7) is 3.67. The third-order valence-corrected chi connectivity index (χ3v) is 9.51. The van der Waals surface area contributed by atoms with Gasteiger partial charge in [0, 0.05) is 28.2 Å². The van der Waals surface area contributed by atoms with E-state index in [0.717, 1.165) is 27.6 Å². The number of amides is 2. The Balaban J connectivity index is 1.38. The second kappa shape index (κ2) is 10.9. The van der Waals surface area contributed by atoms with Crippen LogP contribution in [0, 0.1) is 0 Å². The summed E-state index contributed by atoms with van der Waals surface area (Å²) >= 11 is 15.6. The maximum atomic E-state index is 13.2. The van der Waals surface area contributed by atoms with Crippen LogP contribution in [-0.4, -0.2) is 60.2 Å². The zero-order chi connectivity index (χ0) is 28.8. The van der Waals surface area contributed by atoms with Gasteiger partial charge < -0.3 is 26.7 Å². The van der Waals surface area contributed by atoms with Crippen LogP contribution < -0.4 is 21.4 Å². The van der Waals surface area contributed by atoms with Crippen LogP contribution in [0.2, 0.25) is 0 Å². The first-order valence-electron chi connectivity index (χ1n) is 11.4. The number of aromatic nitrogens is 2. The molecule has 40 heavy (non-hydrogen) atoms. The van der Waals surface area contributed by atoms with E-state index < -0.39 is 33.7 Å². The quantitative estimate of drug-likeness (QED) is 0.0682. The number of alkyl halides is 2. The second-order valence-electron chi connectivity index (χ2n) is 8.53. The highest BCUT2D eigenvalue weighted by molar-refractivity contribution is 8.00. The smallest absolute Gasteiger partial charge is 0.352 e. The number of carboxylic acids is 1. The number of oxime groups is 1. The number of nitrogens with zero attached hydrogens (tertiary/aromatic N) is 4. The molecule has 0 spiro atoms. The van der Waals surface area contributed by atoms with Gasteiger partial charge in [-0.1, -0.05) is 46.3 Å². The van der Waals surface area contributed by atoms with E-state index in [4.69, 9.17) is 39.5 Å². The van der Waals surface area contributed by atoms with E-state index in [9.17, 15) is 19.5 Å². The third kappa shape index (κ3) is 5.22. The van der Waals surface area contributed by atoms with Crippen molar-refractivity contribution >= 4 is 102 Å². The highest BCUT2D eigenvalue weighted by atomic mass is 35.5. The fraction of sp³-hybridized carbons (Fsp3) is 0.217. The Bertz CT molecular complexity index is 1620. The lowest BCUT2D eigenvalue weighted by atomic mass is 10.0. The van der Waals surface area contributed by atoms with Gasteiger partial charge >= 0.3 is 10.5 Å². The fourth-order valence-electron chi connectivity index (χ4n) is 4.16. The molecule has 1 saturated heterocycles. The first-order chi connectivity index (χ1) is 19.0. The molecule has 0 radical (unpaired) electrons.